The first-order valence-corrected chi connectivity index (χ1v) is 12.2. The van der Waals surface area contributed by atoms with E-state index in [4.69, 9.17) is 5.26 Å². The van der Waals surface area contributed by atoms with Crippen LogP contribution in [0.3, 0.4) is 0 Å². The highest BCUT2D eigenvalue weighted by molar-refractivity contribution is 7.89. The first-order chi connectivity index (χ1) is 16.2. The summed E-state index contributed by atoms with van der Waals surface area (Å²) in [6, 6.07) is 14.4. The monoisotopic (exact) mass is 487 g/mol. The number of rotatable bonds is 9. The van der Waals surface area contributed by atoms with Crippen molar-refractivity contribution in [3.63, 3.8) is 0 Å². The second-order valence-electron chi connectivity index (χ2n) is 7.73. The number of halogens is 3. The number of nitrogens with one attached hydrogen (secondary N) is 1. The Balaban J connectivity index is 2.02. The van der Waals surface area contributed by atoms with Gasteiger partial charge in [-0.3, -0.25) is 4.98 Å². The number of nitriles is 1. The van der Waals surface area contributed by atoms with Crippen molar-refractivity contribution in [2.24, 2.45) is 0 Å². The minimum absolute atomic E-state index is 0.196. The van der Waals surface area contributed by atoms with Crippen LogP contribution in [0.25, 0.3) is 11.1 Å². The van der Waals surface area contributed by atoms with Gasteiger partial charge in [0.25, 0.3) is 0 Å². The van der Waals surface area contributed by atoms with E-state index in [2.05, 4.69) is 9.71 Å². The van der Waals surface area contributed by atoms with Crippen LogP contribution >= 0.6 is 0 Å². The molecule has 9 heteroatoms. The molecule has 1 unspecified atom stereocenters. The standard InChI is InChI=1S/C25H24F3N3O2S/c1-2-18-17-30-15-13-21(18)19-8-7-9-20(16-19)23(11-5-6-14-29)31-34(32,33)24-12-4-3-10-22(24)25(26,27)28/h3-4,7-10,12-13,15-17,23,31H,2,5-6,11H2,1H3. The molecule has 178 valence electrons. The maximum absolute atomic E-state index is 13.5. The maximum atomic E-state index is 13.5. The highest BCUT2D eigenvalue weighted by Crippen LogP contribution is 2.35. The maximum Gasteiger partial charge on any atom is 0.417 e. The van der Waals surface area contributed by atoms with Gasteiger partial charge in [-0.1, -0.05) is 37.3 Å². The average Bonchev–Trinajstić information content (AvgIpc) is 2.83. The second-order valence-corrected chi connectivity index (χ2v) is 9.41. The zero-order valence-electron chi connectivity index (χ0n) is 18.5. The van der Waals surface area contributed by atoms with Gasteiger partial charge in [0, 0.05) is 24.9 Å². The molecule has 0 radical (unpaired) electrons. The van der Waals surface area contributed by atoms with Crippen LogP contribution in [0, 0.1) is 11.3 Å². The van der Waals surface area contributed by atoms with E-state index >= 15 is 0 Å². The lowest BCUT2D eigenvalue weighted by atomic mass is 9.95. The van der Waals surface area contributed by atoms with E-state index in [1.807, 2.05) is 31.2 Å². The molecule has 34 heavy (non-hydrogen) atoms. The van der Waals surface area contributed by atoms with E-state index in [0.717, 1.165) is 41.3 Å². The number of hydrogen-bond acceptors (Lipinski definition) is 4. The zero-order valence-corrected chi connectivity index (χ0v) is 19.3. The van der Waals surface area contributed by atoms with E-state index in [1.54, 1.807) is 24.5 Å². The van der Waals surface area contributed by atoms with Gasteiger partial charge in [-0.15, -0.1) is 0 Å². The van der Waals surface area contributed by atoms with Crippen LogP contribution < -0.4 is 4.72 Å². The van der Waals surface area contributed by atoms with Crippen LogP contribution in [0.5, 0.6) is 0 Å². The molecule has 5 nitrogen and oxygen atoms in total. The van der Waals surface area contributed by atoms with Crippen molar-refractivity contribution in [2.75, 3.05) is 0 Å². The molecule has 0 aliphatic heterocycles. The summed E-state index contributed by atoms with van der Waals surface area (Å²) >= 11 is 0. The molecule has 0 spiro atoms. The Morgan fingerprint density at radius 2 is 1.88 bits per heavy atom. The molecule has 0 aliphatic rings. The van der Waals surface area contributed by atoms with Gasteiger partial charge in [0.1, 0.15) is 0 Å². The first-order valence-electron chi connectivity index (χ1n) is 10.8. The Labute approximate surface area is 197 Å². The topological polar surface area (TPSA) is 82.8 Å². The summed E-state index contributed by atoms with van der Waals surface area (Å²) in [6.45, 7) is 2.00. The Morgan fingerprint density at radius 1 is 1.12 bits per heavy atom. The SMILES string of the molecule is CCc1cnccc1-c1cccc(C(CCCC#N)NS(=O)(=O)c2ccccc2C(F)(F)F)c1. The predicted molar refractivity (Wildman–Crippen MR) is 123 cm³/mol. The molecule has 3 aromatic rings. The quantitative estimate of drug-likeness (QED) is 0.373. The van der Waals surface area contributed by atoms with Crippen LogP contribution in [0.2, 0.25) is 0 Å². The molecule has 0 amide bonds. The van der Waals surface area contributed by atoms with E-state index in [0.29, 0.717) is 12.0 Å². The molecule has 0 saturated carbocycles. The molecule has 1 aromatic heterocycles. The summed E-state index contributed by atoms with van der Waals surface area (Å²) in [7, 11) is -4.51. The van der Waals surface area contributed by atoms with Crippen molar-refractivity contribution in [3.8, 4) is 17.2 Å². The van der Waals surface area contributed by atoms with Crippen molar-refractivity contribution >= 4 is 10.0 Å². The lowest BCUT2D eigenvalue weighted by Crippen LogP contribution is -2.30. The summed E-state index contributed by atoms with van der Waals surface area (Å²) in [6.07, 6.45) is 0.192. The Hall–Kier alpha value is -3.22. The largest absolute Gasteiger partial charge is 0.417 e. The Morgan fingerprint density at radius 3 is 2.59 bits per heavy atom. The third-order valence-electron chi connectivity index (χ3n) is 5.45. The molecule has 0 bridgehead atoms. The summed E-state index contributed by atoms with van der Waals surface area (Å²) in [5.74, 6) is 0. The van der Waals surface area contributed by atoms with Gasteiger partial charge < -0.3 is 0 Å². The first kappa shape index (κ1) is 25.4. The highest BCUT2D eigenvalue weighted by atomic mass is 32.2. The highest BCUT2D eigenvalue weighted by Gasteiger charge is 2.37. The number of unbranched alkanes of at least 4 members (excludes halogenated alkanes) is 1. The minimum atomic E-state index is -4.82. The summed E-state index contributed by atoms with van der Waals surface area (Å²) in [4.78, 5) is 3.32. The molecule has 0 aliphatic carbocycles. The van der Waals surface area contributed by atoms with E-state index in [9.17, 15) is 21.6 Å². The normalized spacial score (nSPS) is 12.8. The van der Waals surface area contributed by atoms with E-state index < -0.39 is 32.7 Å². The van der Waals surface area contributed by atoms with Gasteiger partial charge >= 0.3 is 6.18 Å². The number of alkyl halides is 3. The molecule has 3 rings (SSSR count). The number of pyridine rings is 1. The third-order valence-corrected chi connectivity index (χ3v) is 6.98. The van der Waals surface area contributed by atoms with Crippen LogP contribution in [0.4, 0.5) is 13.2 Å². The number of nitrogens with zero attached hydrogens (tertiary/aromatic N) is 2. The summed E-state index contributed by atoms with van der Waals surface area (Å²) < 4.78 is 69.0. The minimum Gasteiger partial charge on any atom is -0.264 e. The van der Waals surface area contributed by atoms with Gasteiger partial charge in [0.2, 0.25) is 10.0 Å². The van der Waals surface area contributed by atoms with Crippen LogP contribution in [-0.4, -0.2) is 13.4 Å². The summed E-state index contributed by atoms with van der Waals surface area (Å²) in [5.41, 5.74) is 2.18. The van der Waals surface area contributed by atoms with Crippen molar-refractivity contribution < 1.29 is 21.6 Å². The second kappa shape index (κ2) is 10.8. The van der Waals surface area contributed by atoms with Crippen molar-refractivity contribution in [1.29, 1.82) is 5.26 Å². The van der Waals surface area contributed by atoms with Gasteiger partial charge in [0.05, 0.1) is 16.5 Å². The molecule has 1 heterocycles. The van der Waals surface area contributed by atoms with Gasteiger partial charge in [0.15, 0.2) is 0 Å². The molecule has 1 atom stereocenters. The lowest BCUT2D eigenvalue weighted by molar-refractivity contribution is -0.139. The number of sulfonamides is 1. The molecular formula is C25H24F3N3O2S. The third kappa shape index (κ3) is 6.01. The predicted octanol–water partition coefficient (Wildman–Crippen LogP) is 6.04. The van der Waals surface area contributed by atoms with Crippen LogP contribution in [0.15, 0.2) is 71.9 Å². The number of aromatic nitrogens is 1. The number of aryl methyl sites for hydroxylation is 1. The van der Waals surface area contributed by atoms with Gasteiger partial charge in [-0.25, -0.2) is 13.1 Å². The molecule has 0 saturated heterocycles. The van der Waals surface area contributed by atoms with Crippen LogP contribution in [-0.2, 0) is 22.6 Å². The smallest absolute Gasteiger partial charge is 0.264 e. The summed E-state index contributed by atoms with van der Waals surface area (Å²) in [5, 5.41) is 8.92. The van der Waals surface area contributed by atoms with Gasteiger partial charge in [-0.05, 0) is 65.8 Å². The Kier molecular flexibility index (Phi) is 8.07. The van der Waals surface area contributed by atoms with Crippen LogP contribution in [0.1, 0.15) is 48.9 Å². The fourth-order valence-electron chi connectivity index (χ4n) is 3.78. The molecular weight excluding hydrogens is 463 g/mol. The van der Waals surface area contributed by atoms with E-state index in [-0.39, 0.29) is 12.8 Å². The fraction of sp³-hybridized carbons (Fsp3) is 0.280. The van der Waals surface area contributed by atoms with E-state index in [1.165, 1.54) is 6.07 Å². The number of benzene rings is 2. The average molecular weight is 488 g/mol. The van der Waals surface area contributed by atoms with Crippen molar-refractivity contribution in [3.05, 3.63) is 83.7 Å². The molecule has 2 aromatic carbocycles. The zero-order chi connectivity index (χ0) is 24.8. The molecule has 1 N–H and O–H groups in total. The van der Waals surface area contributed by atoms with Gasteiger partial charge in [-0.2, -0.15) is 18.4 Å². The lowest BCUT2D eigenvalue weighted by Gasteiger charge is -2.21. The van der Waals surface area contributed by atoms with Crippen molar-refractivity contribution in [2.45, 2.75) is 49.7 Å². The Bertz CT molecular complexity index is 1280. The fourth-order valence-corrected chi connectivity index (χ4v) is 5.26. The number of hydrogen-bond donors (Lipinski definition) is 1. The van der Waals surface area contributed by atoms with Crippen molar-refractivity contribution in [1.82, 2.24) is 9.71 Å². The molecule has 0 fully saturated rings.